The minimum atomic E-state index is -5.04. The van der Waals surface area contributed by atoms with Gasteiger partial charge < -0.3 is 10.4 Å². The van der Waals surface area contributed by atoms with E-state index in [9.17, 15) is 27.9 Å². The van der Waals surface area contributed by atoms with E-state index in [-0.39, 0.29) is 21.4 Å². The zero-order chi connectivity index (χ0) is 21.0. The number of ketones is 1. The Morgan fingerprint density at radius 2 is 1.93 bits per heavy atom. The molecule has 1 aromatic carbocycles. The number of alkyl halides is 3. The summed E-state index contributed by atoms with van der Waals surface area (Å²) in [5.41, 5.74) is 0.787. The molecule has 1 aliphatic heterocycles. The third-order valence-corrected chi connectivity index (χ3v) is 5.24. The number of hydrogen-bond acceptors (Lipinski definition) is 4. The van der Waals surface area contributed by atoms with E-state index in [0.717, 1.165) is 0 Å². The van der Waals surface area contributed by atoms with Gasteiger partial charge in [0.25, 0.3) is 0 Å². The molecule has 0 aromatic heterocycles. The van der Waals surface area contributed by atoms with E-state index >= 15 is 0 Å². The van der Waals surface area contributed by atoms with Crippen LogP contribution in [0.1, 0.15) is 19.4 Å². The first-order valence-electron chi connectivity index (χ1n) is 7.96. The largest absolute Gasteiger partial charge is 0.505 e. The molecule has 1 aromatic rings. The summed E-state index contributed by atoms with van der Waals surface area (Å²) >= 11 is 12.2. The number of carbonyl (C=O) groups is 2. The smallest absolute Gasteiger partial charge is 0.471 e. The highest BCUT2D eigenvalue weighted by atomic mass is 35.5. The molecule has 1 heterocycles. The van der Waals surface area contributed by atoms with E-state index < -0.39 is 29.8 Å². The first-order chi connectivity index (χ1) is 12.8. The summed E-state index contributed by atoms with van der Waals surface area (Å²) in [6.45, 7) is 2.94. The van der Waals surface area contributed by atoms with Crippen molar-refractivity contribution in [2.24, 2.45) is 4.99 Å². The first kappa shape index (κ1) is 20.4. The molecule has 5 nitrogen and oxygen atoms in total. The normalized spacial score (nSPS) is 17.8. The minimum Gasteiger partial charge on any atom is -0.505 e. The standard InChI is InChI=1S/C18H13Cl2F3N2O3/c1-17(2)8-4-12(26)7(6-24-16(28)18(21,22)23)3-10(8)25-11-5-9(19)15(27)14(20)13(11)17/h3-5,27H,6H2,1-2H3,(H,24,28). The lowest BCUT2D eigenvalue weighted by Gasteiger charge is -2.36. The summed E-state index contributed by atoms with van der Waals surface area (Å²) in [7, 11) is 0. The van der Waals surface area contributed by atoms with Crippen molar-refractivity contribution in [1.29, 1.82) is 0 Å². The highest BCUT2D eigenvalue weighted by molar-refractivity contribution is 6.38. The molecule has 10 heteroatoms. The van der Waals surface area contributed by atoms with Gasteiger partial charge >= 0.3 is 12.1 Å². The Balaban J connectivity index is 2.04. The Labute approximate surface area is 167 Å². The maximum absolute atomic E-state index is 12.4. The molecule has 2 aliphatic rings. The van der Waals surface area contributed by atoms with Crippen molar-refractivity contribution in [3.8, 4) is 5.75 Å². The Hall–Kier alpha value is -2.32. The Kier molecular flexibility index (Phi) is 4.84. The molecular weight excluding hydrogens is 420 g/mol. The molecule has 28 heavy (non-hydrogen) atoms. The summed E-state index contributed by atoms with van der Waals surface area (Å²) in [4.78, 5) is 27.8. The number of hydrogen-bond donors (Lipinski definition) is 2. The number of aliphatic imine (C=N–C) groups is 1. The number of aromatic hydroxyl groups is 1. The molecule has 1 amide bonds. The van der Waals surface area contributed by atoms with Gasteiger partial charge in [0.05, 0.1) is 21.4 Å². The molecule has 0 fully saturated rings. The van der Waals surface area contributed by atoms with Crippen molar-refractivity contribution in [2.45, 2.75) is 25.4 Å². The molecule has 0 unspecified atom stereocenters. The highest BCUT2D eigenvalue weighted by Crippen LogP contribution is 2.51. The van der Waals surface area contributed by atoms with Crippen LogP contribution in [0.2, 0.25) is 10.0 Å². The molecule has 0 saturated carbocycles. The predicted octanol–water partition coefficient (Wildman–Crippen LogP) is 4.18. The van der Waals surface area contributed by atoms with Crippen LogP contribution in [0, 0.1) is 0 Å². The van der Waals surface area contributed by atoms with E-state index in [1.165, 1.54) is 18.2 Å². The van der Waals surface area contributed by atoms with Crippen molar-refractivity contribution >= 4 is 46.3 Å². The number of benzene rings is 1. The van der Waals surface area contributed by atoms with Gasteiger partial charge in [0, 0.05) is 23.1 Å². The molecule has 0 atom stereocenters. The Morgan fingerprint density at radius 1 is 1.29 bits per heavy atom. The monoisotopic (exact) mass is 432 g/mol. The zero-order valence-corrected chi connectivity index (χ0v) is 16.1. The molecule has 0 radical (unpaired) electrons. The fourth-order valence-corrected chi connectivity index (χ4v) is 3.84. The number of phenolic OH excluding ortho intramolecular Hbond substituents is 1. The van der Waals surface area contributed by atoms with Crippen LogP contribution in [0.4, 0.5) is 18.9 Å². The van der Waals surface area contributed by atoms with Crippen LogP contribution in [-0.4, -0.2) is 35.2 Å². The van der Waals surface area contributed by atoms with Gasteiger partial charge in [0.1, 0.15) is 0 Å². The highest BCUT2D eigenvalue weighted by Gasteiger charge is 2.41. The van der Waals surface area contributed by atoms with Gasteiger partial charge in [0.15, 0.2) is 11.5 Å². The molecule has 3 rings (SSSR count). The lowest BCUT2D eigenvalue weighted by molar-refractivity contribution is -0.173. The van der Waals surface area contributed by atoms with Gasteiger partial charge in [-0.05, 0) is 23.8 Å². The van der Waals surface area contributed by atoms with Crippen molar-refractivity contribution in [3.63, 3.8) is 0 Å². The second-order valence-corrected chi connectivity index (χ2v) is 7.59. The number of fused-ring (bicyclic) bond motifs is 2. The van der Waals surface area contributed by atoms with E-state index in [2.05, 4.69) is 4.99 Å². The fraction of sp³-hybridized carbons (Fsp3) is 0.278. The van der Waals surface area contributed by atoms with Crippen LogP contribution in [0.3, 0.4) is 0 Å². The summed E-state index contributed by atoms with van der Waals surface area (Å²) in [6, 6.07) is 1.42. The van der Waals surface area contributed by atoms with Gasteiger partial charge in [-0.15, -0.1) is 0 Å². The van der Waals surface area contributed by atoms with E-state index in [0.29, 0.717) is 22.5 Å². The third kappa shape index (κ3) is 3.31. The molecule has 0 spiro atoms. The van der Waals surface area contributed by atoms with Crippen molar-refractivity contribution in [1.82, 2.24) is 5.32 Å². The van der Waals surface area contributed by atoms with E-state index in [1.54, 1.807) is 19.2 Å². The predicted molar refractivity (Wildman–Crippen MR) is 98.5 cm³/mol. The number of phenols is 1. The van der Waals surface area contributed by atoms with Crippen LogP contribution < -0.4 is 5.32 Å². The second-order valence-electron chi connectivity index (χ2n) is 6.81. The summed E-state index contributed by atoms with van der Waals surface area (Å²) in [5.74, 6) is -2.99. The molecule has 0 saturated heterocycles. The Morgan fingerprint density at radius 3 is 2.54 bits per heavy atom. The van der Waals surface area contributed by atoms with Crippen LogP contribution in [0.5, 0.6) is 5.75 Å². The Bertz CT molecular complexity index is 1010. The minimum absolute atomic E-state index is 0.00939. The fourth-order valence-electron chi connectivity index (χ4n) is 3.16. The number of halogens is 5. The average Bonchev–Trinajstić information content (AvgIpc) is 2.57. The lowest BCUT2D eigenvalue weighted by atomic mass is 9.70. The topological polar surface area (TPSA) is 78.8 Å². The average molecular weight is 433 g/mol. The molecular formula is C18H13Cl2F3N2O3. The van der Waals surface area contributed by atoms with Gasteiger partial charge in [-0.25, -0.2) is 4.99 Å². The van der Waals surface area contributed by atoms with Crippen molar-refractivity contribution in [3.05, 3.63) is 45.0 Å². The number of nitrogens with zero attached hydrogens (tertiary/aromatic N) is 1. The number of carbonyl (C=O) groups excluding carboxylic acids is 2. The number of nitrogens with one attached hydrogen (secondary N) is 1. The summed E-state index contributed by atoms with van der Waals surface area (Å²) < 4.78 is 37.0. The second kappa shape index (κ2) is 6.63. The van der Waals surface area contributed by atoms with Crippen molar-refractivity contribution < 1.29 is 27.9 Å². The number of amides is 1. The van der Waals surface area contributed by atoms with Crippen LogP contribution in [0.15, 0.2) is 34.4 Å². The first-order valence-corrected chi connectivity index (χ1v) is 8.72. The van der Waals surface area contributed by atoms with Crippen LogP contribution in [-0.2, 0) is 15.0 Å². The van der Waals surface area contributed by atoms with Gasteiger partial charge in [-0.3, -0.25) is 9.59 Å². The molecule has 0 bridgehead atoms. The van der Waals surface area contributed by atoms with Gasteiger partial charge in [0.2, 0.25) is 0 Å². The zero-order valence-electron chi connectivity index (χ0n) is 14.5. The maximum atomic E-state index is 12.4. The molecule has 1 aliphatic carbocycles. The molecule has 2 N–H and O–H groups in total. The van der Waals surface area contributed by atoms with Crippen LogP contribution in [0.25, 0.3) is 0 Å². The third-order valence-electron chi connectivity index (χ3n) is 4.59. The summed E-state index contributed by atoms with van der Waals surface area (Å²) in [5, 5.41) is 11.7. The quantitative estimate of drug-likeness (QED) is 0.688. The van der Waals surface area contributed by atoms with Gasteiger partial charge in [-0.1, -0.05) is 37.0 Å². The van der Waals surface area contributed by atoms with E-state index in [4.69, 9.17) is 23.2 Å². The van der Waals surface area contributed by atoms with E-state index in [1.807, 2.05) is 0 Å². The number of allylic oxidation sites excluding steroid dienone is 3. The van der Waals surface area contributed by atoms with Gasteiger partial charge in [-0.2, -0.15) is 13.2 Å². The molecule has 148 valence electrons. The summed E-state index contributed by atoms with van der Waals surface area (Å²) in [6.07, 6.45) is -2.47. The maximum Gasteiger partial charge on any atom is 0.471 e. The SMILES string of the molecule is CC1(C)C2=CC(=O)C(CNC(=O)C(F)(F)F)=CC2=Nc2cc(Cl)c(O)c(Cl)c21. The number of rotatable bonds is 2. The van der Waals surface area contributed by atoms with Crippen molar-refractivity contribution in [2.75, 3.05) is 6.54 Å². The lowest BCUT2D eigenvalue weighted by Crippen LogP contribution is -2.39. The van der Waals surface area contributed by atoms with Crippen LogP contribution >= 0.6 is 23.2 Å².